The molecule has 114 valence electrons. The van der Waals surface area contributed by atoms with Crippen molar-refractivity contribution in [3.63, 3.8) is 0 Å². The minimum atomic E-state index is 0.288. The predicted octanol–water partition coefficient (Wildman–Crippen LogP) is 6.21. The van der Waals surface area contributed by atoms with Crippen molar-refractivity contribution in [1.29, 1.82) is 0 Å². The van der Waals surface area contributed by atoms with Gasteiger partial charge in [-0.05, 0) is 25.8 Å². The molecule has 0 N–H and O–H groups in total. The topological polar surface area (TPSA) is 9.23 Å². The highest BCUT2D eigenvalue weighted by atomic mass is 16.5. The van der Waals surface area contributed by atoms with E-state index in [4.69, 9.17) is 4.74 Å². The third kappa shape index (κ3) is 7.09. The van der Waals surface area contributed by atoms with E-state index >= 15 is 0 Å². The molecule has 1 aromatic carbocycles. The molecular formula is C19H32O. The largest absolute Gasteiger partial charge is 0.374 e. The molecule has 0 bridgehead atoms. The quantitative estimate of drug-likeness (QED) is 0.436. The van der Waals surface area contributed by atoms with Crippen molar-refractivity contribution in [2.24, 2.45) is 0 Å². The molecule has 1 nitrogen and oxygen atoms in total. The summed E-state index contributed by atoms with van der Waals surface area (Å²) in [5, 5.41) is 0. The van der Waals surface area contributed by atoms with Crippen LogP contribution < -0.4 is 0 Å². The monoisotopic (exact) mass is 276 g/mol. The van der Waals surface area contributed by atoms with Crippen LogP contribution in [0.5, 0.6) is 0 Å². The Labute approximate surface area is 125 Å². The molecule has 1 unspecified atom stereocenters. The second-order valence-corrected chi connectivity index (χ2v) is 5.76. The van der Waals surface area contributed by atoms with Crippen molar-refractivity contribution in [3.05, 3.63) is 35.4 Å². The lowest BCUT2D eigenvalue weighted by Gasteiger charge is -2.17. The third-order valence-corrected chi connectivity index (χ3v) is 3.89. The Morgan fingerprint density at radius 2 is 1.45 bits per heavy atom. The Morgan fingerprint density at radius 1 is 0.850 bits per heavy atom. The van der Waals surface area contributed by atoms with Gasteiger partial charge in [-0.1, -0.05) is 81.7 Å². The van der Waals surface area contributed by atoms with Crippen molar-refractivity contribution in [3.8, 4) is 0 Å². The van der Waals surface area contributed by atoms with Gasteiger partial charge in [0.05, 0.1) is 6.10 Å². The van der Waals surface area contributed by atoms with E-state index in [-0.39, 0.29) is 6.10 Å². The lowest BCUT2D eigenvalue weighted by molar-refractivity contribution is 0.0542. The van der Waals surface area contributed by atoms with Gasteiger partial charge in [-0.25, -0.2) is 0 Å². The van der Waals surface area contributed by atoms with Crippen molar-refractivity contribution >= 4 is 0 Å². The molecule has 0 aromatic heterocycles. The Kier molecular flexibility index (Phi) is 9.40. The maximum absolute atomic E-state index is 5.91. The minimum Gasteiger partial charge on any atom is -0.374 e. The summed E-state index contributed by atoms with van der Waals surface area (Å²) >= 11 is 0. The third-order valence-electron chi connectivity index (χ3n) is 3.89. The summed E-state index contributed by atoms with van der Waals surface area (Å²) in [6, 6.07) is 8.81. The summed E-state index contributed by atoms with van der Waals surface area (Å²) in [7, 11) is 0. The van der Waals surface area contributed by atoms with Crippen LogP contribution in [0.25, 0.3) is 0 Å². The molecule has 1 aromatic rings. The molecule has 0 aliphatic heterocycles. The Hall–Kier alpha value is -0.820. The average Bonchev–Trinajstić information content (AvgIpc) is 2.46. The van der Waals surface area contributed by atoms with E-state index in [1.54, 1.807) is 0 Å². The van der Waals surface area contributed by atoms with Gasteiger partial charge in [0.1, 0.15) is 0 Å². The number of unbranched alkanes of at least 4 members (excludes halogenated alkanes) is 6. The number of ether oxygens (including phenoxy) is 1. The standard InChI is InChI=1S/C19H32O/c1-4-6-7-8-9-10-11-12-19(20-5-2)18-15-13-17(3)14-16-18/h13-16,19H,4-12H2,1-3H3. The highest BCUT2D eigenvalue weighted by Gasteiger charge is 2.10. The van der Waals surface area contributed by atoms with Crippen LogP contribution in [0, 0.1) is 6.92 Å². The smallest absolute Gasteiger partial charge is 0.0824 e. The molecule has 0 heterocycles. The Bertz CT molecular complexity index is 328. The van der Waals surface area contributed by atoms with Gasteiger partial charge in [0, 0.05) is 6.61 Å². The molecule has 0 aliphatic rings. The fourth-order valence-electron chi connectivity index (χ4n) is 2.62. The van der Waals surface area contributed by atoms with E-state index in [9.17, 15) is 0 Å². The van der Waals surface area contributed by atoms with Crippen LogP contribution in [-0.4, -0.2) is 6.61 Å². The van der Waals surface area contributed by atoms with Gasteiger partial charge in [0.15, 0.2) is 0 Å². The van der Waals surface area contributed by atoms with Gasteiger partial charge >= 0.3 is 0 Å². The van der Waals surface area contributed by atoms with Crippen molar-refractivity contribution in [2.75, 3.05) is 6.61 Å². The number of aryl methyl sites for hydroxylation is 1. The molecular weight excluding hydrogens is 244 g/mol. The number of hydrogen-bond acceptors (Lipinski definition) is 1. The number of benzene rings is 1. The van der Waals surface area contributed by atoms with Gasteiger partial charge in [-0.3, -0.25) is 0 Å². The van der Waals surface area contributed by atoms with E-state index in [0.29, 0.717) is 0 Å². The Balaban J connectivity index is 2.27. The van der Waals surface area contributed by atoms with Crippen LogP contribution in [0.15, 0.2) is 24.3 Å². The zero-order chi connectivity index (χ0) is 14.6. The summed E-state index contributed by atoms with van der Waals surface area (Å²) in [5.41, 5.74) is 2.66. The second kappa shape index (κ2) is 10.9. The fourth-order valence-corrected chi connectivity index (χ4v) is 2.62. The summed E-state index contributed by atoms with van der Waals surface area (Å²) in [5.74, 6) is 0. The lowest BCUT2D eigenvalue weighted by atomic mass is 10.0. The van der Waals surface area contributed by atoms with E-state index in [1.807, 2.05) is 0 Å². The van der Waals surface area contributed by atoms with Gasteiger partial charge in [0.25, 0.3) is 0 Å². The van der Waals surface area contributed by atoms with E-state index in [1.165, 1.54) is 56.1 Å². The zero-order valence-corrected chi connectivity index (χ0v) is 13.7. The predicted molar refractivity (Wildman–Crippen MR) is 88.2 cm³/mol. The maximum atomic E-state index is 5.91. The molecule has 1 heteroatoms. The summed E-state index contributed by atoms with van der Waals surface area (Å²) < 4.78 is 5.91. The maximum Gasteiger partial charge on any atom is 0.0824 e. The summed E-state index contributed by atoms with van der Waals surface area (Å²) in [6.07, 6.45) is 11.0. The SMILES string of the molecule is CCCCCCCCCC(OCC)c1ccc(C)cc1. The highest BCUT2D eigenvalue weighted by molar-refractivity contribution is 5.23. The van der Waals surface area contributed by atoms with Crippen LogP contribution in [0.1, 0.15) is 82.4 Å². The number of rotatable bonds is 11. The first kappa shape index (κ1) is 17.2. The molecule has 0 spiro atoms. The normalized spacial score (nSPS) is 12.6. The first-order chi connectivity index (χ1) is 9.77. The molecule has 0 radical (unpaired) electrons. The van der Waals surface area contributed by atoms with E-state index < -0.39 is 0 Å². The Morgan fingerprint density at radius 3 is 2.05 bits per heavy atom. The minimum absolute atomic E-state index is 0.288. The molecule has 0 saturated carbocycles. The van der Waals surface area contributed by atoms with E-state index in [0.717, 1.165) is 13.0 Å². The average molecular weight is 276 g/mol. The molecule has 0 fully saturated rings. The van der Waals surface area contributed by atoms with Gasteiger partial charge in [-0.15, -0.1) is 0 Å². The fraction of sp³-hybridized carbons (Fsp3) is 0.684. The number of hydrogen-bond donors (Lipinski definition) is 0. The van der Waals surface area contributed by atoms with Crippen LogP contribution in [-0.2, 0) is 4.74 Å². The molecule has 1 atom stereocenters. The first-order valence-electron chi connectivity index (χ1n) is 8.46. The van der Waals surface area contributed by atoms with Gasteiger partial charge in [-0.2, -0.15) is 0 Å². The van der Waals surface area contributed by atoms with Crippen LogP contribution in [0.4, 0.5) is 0 Å². The van der Waals surface area contributed by atoms with Crippen molar-refractivity contribution in [1.82, 2.24) is 0 Å². The van der Waals surface area contributed by atoms with Gasteiger partial charge < -0.3 is 4.74 Å². The summed E-state index contributed by atoms with van der Waals surface area (Å²) in [6.45, 7) is 7.30. The molecule has 0 saturated heterocycles. The highest BCUT2D eigenvalue weighted by Crippen LogP contribution is 2.24. The zero-order valence-electron chi connectivity index (χ0n) is 13.7. The van der Waals surface area contributed by atoms with E-state index in [2.05, 4.69) is 45.0 Å². The summed E-state index contributed by atoms with van der Waals surface area (Å²) in [4.78, 5) is 0. The van der Waals surface area contributed by atoms with Crippen molar-refractivity contribution in [2.45, 2.75) is 78.2 Å². The first-order valence-corrected chi connectivity index (χ1v) is 8.46. The lowest BCUT2D eigenvalue weighted by Crippen LogP contribution is -2.04. The van der Waals surface area contributed by atoms with Crippen LogP contribution in [0.3, 0.4) is 0 Å². The van der Waals surface area contributed by atoms with Gasteiger partial charge in [0.2, 0.25) is 0 Å². The molecule has 0 aliphatic carbocycles. The molecule has 20 heavy (non-hydrogen) atoms. The van der Waals surface area contributed by atoms with Crippen LogP contribution in [0.2, 0.25) is 0 Å². The second-order valence-electron chi connectivity index (χ2n) is 5.76. The molecule has 0 amide bonds. The van der Waals surface area contributed by atoms with Crippen molar-refractivity contribution < 1.29 is 4.74 Å². The van der Waals surface area contributed by atoms with Crippen LogP contribution >= 0.6 is 0 Å². The molecule has 1 rings (SSSR count).